The lowest BCUT2D eigenvalue weighted by atomic mass is 10.1. The minimum absolute atomic E-state index is 0.0513. The van der Waals surface area contributed by atoms with Crippen LogP contribution in [0.3, 0.4) is 0 Å². The van der Waals surface area contributed by atoms with Crippen LogP contribution in [0, 0.1) is 5.92 Å². The second-order valence-electron chi connectivity index (χ2n) is 9.44. The minimum Gasteiger partial charge on any atom is -0.302 e. The third kappa shape index (κ3) is 5.20. The molecule has 3 N–H and O–H groups in total. The van der Waals surface area contributed by atoms with Gasteiger partial charge >= 0.3 is 0 Å². The van der Waals surface area contributed by atoms with E-state index >= 15 is 0 Å². The Hall–Kier alpha value is -4.34. The van der Waals surface area contributed by atoms with Crippen molar-refractivity contribution in [3.63, 3.8) is 0 Å². The molecule has 3 aromatic carbocycles. The van der Waals surface area contributed by atoms with Crippen molar-refractivity contribution in [3.8, 4) is 11.3 Å². The molecule has 2 aromatic heterocycles. The second kappa shape index (κ2) is 10.2. The van der Waals surface area contributed by atoms with Crippen LogP contribution in [0.15, 0.2) is 78.9 Å². The van der Waals surface area contributed by atoms with Crippen molar-refractivity contribution >= 4 is 38.5 Å². The van der Waals surface area contributed by atoms with E-state index in [-0.39, 0.29) is 11.8 Å². The fourth-order valence-electron chi connectivity index (χ4n) is 4.40. The number of hydroxylamine groups is 1. The number of fused-ring (bicyclic) bond motifs is 1. The molecule has 38 heavy (non-hydrogen) atoms. The quantitative estimate of drug-likeness (QED) is 0.190. The molecule has 0 saturated heterocycles. The lowest BCUT2D eigenvalue weighted by molar-refractivity contribution is -0.117. The number of rotatable bonds is 8. The summed E-state index contributed by atoms with van der Waals surface area (Å²) >= 11 is 1.47. The number of carbonyl (C=O) groups is 2. The van der Waals surface area contributed by atoms with Gasteiger partial charge in [-0.2, -0.15) is 5.10 Å². The van der Waals surface area contributed by atoms with Crippen molar-refractivity contribution in [1.29, 1.82) is 0 Å². The van der Waals surface area contributed by atoms with Crippen LogP contribution in [0.2, 0.25) is 0 Å². The third-order valence-electron chi connectivity index (χ3n) is 6.57. The molecular formula is C29H25N5O3S. The zero-order valence-electron chi connectivity index (χ0n) is 20.4. The predicted molar refractivity (Wildman–Crippen MR) is 146 cm³/mol. The lowest BCUT2D eigenvalue weighted by Crippen LogP contribution is -2.18. The Morgan fingerprint density at radius 2 is 1.76 bits per heavy atom. The smallest absolute Gasteiger partial charge is 0.274 e. The highest BCUT2D eigenvalue weighted by Crippen LogP contribution is 2.34. The molecule has 1 saturated carbocycles. The first-order valence-electron chi connectivity index (χ1n) is 12.4. The number of nitrogens with one attached hydrogen (secondary N) is 2. The Kier molecular flexibility index (Phi) is 6.45. The molecule has 0 aliphatic heterocycles. The van der Waals surface area contributed by atoms with E-state index in [1.165, 1.54) is 16.9 Å². The van der Waals surface area contributed by atoms with Crippen LogP contribution < -0.4 is 10.8 Å². The molecule has 1 fully saturated rings. The van der Waals surface area contributed by atoms with Crippen LogP contribution in [-0.4, -0.2) is 31.8 Å². The van der Waals surface area contributed by atoms with Crippen LogP contribution >= 0.6 is 11.3 Å². The number of hydrogen-bond acceptors (Lipinski definition) is 6. The first-order valence-corrected chi connectivity index (χ1v) is 13.2. The van der Waals surface area contributed by atoms with Gasteiger partial charge in [-0.25, -0.2) is 10.5 Å². The molecule has 190 valence electrons. The highest BCUT2D eigenvalue weighted by atomic mass is 32.1. The van der Waals surface area contributed by atoms with E-state index in [9.17, 15) is 9.59 Å². The highest BCUT2D eigenvalue weighted by molar-refractivity contribution is 7.22. The fourth-order valence-corrected chi connectivity index (χ4v) is 5.31. The molecule has 0 spiro atoms. The van der Waals surface area contributed by atoms with E-state index in [0.29, 0.717) is 23.7 Å². The molecule has 5 aromatic rings. The van der Waals surface area contributed by atoms with Crippen molar-refractivity contribution in [2.75, 3.05) is 5.32 Å². The summed E-state index contributed by atoms with van der Waals surface area (Å²) in [6.45, 7) is 0.509. The Morgan fingerprint density at radius 3 is 2.50 bits per heavy atom. The summed E-state index contributed by atoms with van der Waals surface area (Å²) in [6.07, 6.45) is 2.61. The summed E-state index contributed by atoms with van der Waals surface area (Å²) in [5.41, 5.74) is 7.95. The van der Waals surface area contributed by atoms with Gasteiger partial charge in [0.1, 0.15) is 0 Å². The number of thiazole rings is 1. The predicted octanol–water partition coefficient (Wildman–Crippen LogP) is 5.27. The number of aromatic nitrogens is 3. The monoisotopic (exact) mass is 523 g/mol. The average Bonchev–Trinajstić information content (AvgIpc) is 3.61. The maximum absolute atomic E-state index is 12.2. The topological polar surface area (TPSA) is 109 Å². The number of hydrogen-bond donors (Lipinski definition) is 3. The molecule has 2 heterocycles. The molecule has 8 nitrogen and oxygen atoms in total. The highest BCUT2D eigenvalue weighted by Gasteiger charge is 2.30. The van der Waals surface area contributed by atoms with Crippen molar-refractivity contribution in [2.45, 2.75) is 25.8 Å². The molecule has 0 bridgehead atoms. The first-order chi connectivity index (χ1) is 18.6. The summed E-state index contributed by atoms with van der Waals surface area (Å²) in [5.74, 6) is -0.371. The van der Waals surface area contributed by atoms with Crippen LogP contribution in [0.25, 0.3) is 21.5 Å². The fraction of sp³-hybridized carbons (Fsp3) is 0.172. The van der Waals surface area contributed by atoms with Gasteiger partial charge in [0.2, 0.25) is 5.91 Å². The van der Waals surface area contributed by atoms with Gasteiger partial charge in [-0.15, -0.1) is 0 Å². The number of anilines is 1. The molecule has 6 rings (SSSR count). The van der Waals surface area contributed by atoms with Gasteiger partial charge in [-0.3, -0.25) is 19.5 Å². The number of carbonyl (C=O) groups excluding carboxylic acids is 2. The van der Waals surface area contributed by atoms with Gasteiger partial charge in [0.15, 0.2) is 5.13 Å². The zero-order valence-corrected chi connectivity index (χ0v) is 21.2. The lowest BCUT2D eigenvalue weighted by Gasteiger charge is -2.09. The first kappa shape index (κ1) is 24.0. The number of amides is 2. The van der Waals surface area contributed by atoms with Crippen molar-refractivity contribution < 1.29 is 14.8 Å². The van der Waals surface area contributed by atoms with Gasteiger partial charge in [0.25, 0.3) is 5.91 Å². The van der Waals surface area contributed by atoms with Crippen molar-refractivity contribution in [3.05, 3.63) is 101 Å². The van der Waals surface area contributed by atoms with Crippen LogP contribution in [-0.2, 0) is 17.8 Å². The van der Waals surface area contributed by atoms with Crippen LogP contribution in [0.1, 0.15) is 40.0 Å². The van der Waals surface area contributed by atoms with Crippen LogP contribution in [0.4, 0.5) is 5.13 Å². The summed E-state index contributed by atoms with van der Waals surface area (Å²) in [7, 11) is 0. The molecule has 2 amide bonds. The number of nitrogens with zero attached hydrogens (tertiary/aromatic N) is 3. The minimum atomic E-state index is -0.549. The summed E-state index contributed by atoms with van der Waals surface area (Å²) < 4.78 is 2.96. The zero-order chi connectivity index (χ0) is 26.1. The molecule has 1 aliphatic rings. The van der Waals surface area contributed by atoms with E-state index in [1.54, 1.807) is 17.6 Å². The maximum Gasteiger partial charge on any atom is 0.274 e. The largest absolute Gasteiger partial charge is 0.302 e. The maximum atomic E-state index is 12.2. The second-order valence-corrected chi connectivity index (χ2v) is 10.5. The molecule has 0 atom stereocenters. The molecule has 9 heteroatoms. The summed E-state index contributed by atoms with van der Waals surface area (Å²) in [5, 5.41) is 17.4. The third-order valence-corrected chi connectivity index (χ3v) is 7.50. The van der Waals surface area contributed by atoms with Crippen LogP contribution in [0.5, 0.6) is 0 Å². The van der Waals surface area contributed by atoms with E-state index in [4.69, 9.17) is 10.3 Å². The Bertz CT molecular complexity index is 1620. The van der Waals surface area contributed by atoms with E-state index in [0.717, 1.165) is 45.6 Å². The SMILES string of the molecule is O=C(NO)c1ccc(Cn2nc(Cc3ccccc3)cc2-c2ccc3nc(NC(=O)C4CC4)sc3c2)cc1. The molecule has 0 radical (unpaired) electrons. The van der Waals surface area contributed by atoms with Crippen molar-refractivity contribution in [2.24, 2.45) is 5.92 Å². The molecule has 0 unspecified atom stereocenters. The Labute approximate surface area is 222 Å². The molecule has 1 aliphatic carbocycles. The summed E-state index contributed by atoms with van der Waals surface area (Å²) in [4.78, 5) is 28.5. The van der Waals surface area contributed by atoms with E-state index in [2.05, 4.69) is 34.6 Å². The van der Waals surface area contributed by atoms with Gasteiger partial charge < -0.3 is 5.32 Å². The average molecular weight is 524 g/mol. The number of benzene rings is 3. The molecular weight excluding hydrogens is 498 g/mol. The Morgan fingerprint density at radius 1 is 0.974 bits per heavy atom. The van der Waals surface area contributed by atoms with Gasteiger partial charge in [-0.05, 0) is 54.3 Å². The van der Waals surface area contributed by atoms with E-state index < -0.39 is 5.91 Å². The normalized spacial score (nSPS) is 13.0. The summed E-state index contributed by atoms with van der Waals surface area (Å²) in [6, 6.07) is 25.5. The van der Waals surface area contributed by atoms with Crippen molar-refractivity contribution in [1.82, 2.24) is 20.2 Å². The standard InChI is InChI=1S/C29H25N5O3S/c35-27(20-10-11-20)31-29-30-24-13-12-22(15-26(24)38-29)25-16-23(14-18-4-2-1-3-5-18)32-34(25)17-19-6-8-21(9-7-19)28(36)33-37/h1-9,12-13,15-16,20,37H,10-11,14,17H2,(H,33,36)(H,30,31,35). The van der Waals surface area contributed by atoms with Gasteiger partial charge in [0.05, 0.1) is 28.1 Å². The van der Waals surface area contributed by atoms with Gasteiger partial charge in [0, 0.05) is 23.5 Å². The van der Waals surface area contributed by atoms with Gasteiger partial charge in [-0.1, -0.05) is 59.9 Å². The van der Waals surface area contributed by atoms with E-state index in [1.807, 2.05) is 47.1 Å². The Balaban J connectivity index is 1.32.